The molecule has 2 aromatic rings. The van der Waals surface area contributed by atoms with Gasteiger partial charge < -0.3 is 15.0 Å². The van der Waals surface area contributed by atoms with Crippen LogP contribution in [0.4, 0.5) is 0 Å². The van der Waals surface area contributed by atoms with Crippen molar-refractivity contribution in [3.8, 4) is 5.75 Å². The first kappa shape index (κ1) is 25.8. The highest BCUT2D eigenvalue weighted by atomic mass is 32.2. The second-order valence-corrected chi connectivity index (χ2v) is 9.34. The monoisotopic (exact) mass is 456 g/mol. The van der Waals surface area contributed by atoms with E-state index in [1.165, 1.54) is 16.7 Å². The average Bonchev–Trinajstić information content (AvgIpc) is 2.76. The number of methoxy groups -OCH3 is 1. The number of carbonyl (C=O) groups is 2. The van der Waals surface area contributed by atoms with E-state index in [9.17, 15) is 9.59 Å². The zero-order valence-electron chi connectivity index (χ0n) is 20.1. The summed E-state index contributed by atoms with van der Waals surface area (Å²) in [6, 6.07) is 13.6. The molecule has 0 heterocycles. The number of ether oxygens (including phenoxy) is 1. The van der Waals surface area contributed by atoms with E-state index in [2.05, 4.69) is 37.4 Å². The maximum atomic E-state index is 13.2. The molecule has 0 bridgehead atoms. The van der Waals surface area contributed by atoms with Crippen LogP contribution in [-0.4, -0.2) is 41.7 Å². The van der Waals surface area contributed by atoms with Crippen molar-refractivity contribution < 1.29 is 14.3 Å². The van der Waals surface area contributed by atoms with Gasteiger partial charge in [0.1, 0.15) is 11.8 Å². The number of nitrogens with one attached hydrogen (secondary N) is 1. The van der Waals surface area contributed by atoms with E-state index in [0.29, 0.717) is 12.3 Å². The number of carbonyl (C=O) groups excluding carboxylic acids is 2. The Hall–Kier alpha value is -2.47. The average molecular weight is 457 g/mol. The molecule has 0 saturated heterocycles. The molecule has 2 amide bonds. The molecule has 0 aromatic heterocycles. The summed E-state index contributed by atoms with van der Waals surface area (Å²) in [5.41, 5.74) is 4.59. The topological polar surface area (TPSA) is 58.6 Å². The first-order valence-corrected chi connectivity index (χ1v) is 12.3. The van der Waals surface area contributed by atoms with E-state index in [4.69, 9.17) is 4.74 Å². The van der Waals surface area contributed by atoms with Crippen LogP contribution >= 0.6 is 11.8 Å². The molecule has 2 aromatic carbocycles. The Bertz CT molecular complexity index is 895. The van der Waals surface area contributed by atoms with Crippen LogP contribution in [0.25, 0.3) is 0 Å². The predicted octanol–water partition coefficient (Wildman–Crippen LogP) is 4.88. The van der Waals surface area contributed by atoms with Gasteiger partial charge in [0.05, 0.1) is 12.9 Å². The third-order valence-corrected chi connectivity index (χ3v) is 6.42. The van der Waals surface area contributed by atoms with Gasteiger partial charge in [0.25, 0.3) is 0 Å². The van der Waals surface area contributed by atoms with Crippen LogP contribution in [-0.2, 0) is 21.9 Å². The molecule has 0 aliphatic heterocycles. The number of aryl methyl sites for hydroxylation is 2. The standard InChI is InChI=1S/C26H36N2O3S/c1-7-20(4)27-26(30)21(5)28(15-22-9-8-10-24(14-22)31-6)25(29)17-32-16-23-12-18(2)11-19(3)13-23/h8-14,20-21H,7,15-17H2,1-6H3,(H,27,30)/t20-,21-/m0/s1. The number of hydrogen-bond donors (Lipinski definition) is 1. The smallest absolute Gasteiger partial charge is 0.242 e. The molecule has 2 rings (SSSR count). The van der Waals surface area contributed by atoms with Crippen LogP contribution in [0.1, 0.15) is 49.4 Å². The summed E-state index contributed by atoms with van der Waals surface area (Å²) in [6.07, 6.45) is 0.841. The van der Waals surface area contributed by atoms with Crippen LogP contribution < -0.4 is 10.1 Å². The molecule has 0 spiro atoms. The molecule has 2 atom stereocenters. The number of nitrogens with zero attached hydrogens (tertiary/aromatic N) is 1. The molecule has 0 unspecified atom stereocenters. The van der Waals surface area contributed by atoms with Gasteiger partial charge in [-0.1, -0.05) is 48.4 Å². The highest BCUT2D eigenvalue weighted by molar-refractivity contribution is 7.99. The van der Waals surface area contributed by atoms with E-state index in [0.717, 1.165) is 23.5 Å². The maximum Gasteiger partial charge on any atom is 0.242 e. The number of benzene rings is 2. The van der Waals surface area contributed by atoms with Crippen molar-refractivity contribution in [3.63, 3.8) is 0 Å². The van der Waals surface area contributed by atoms with Gasteiger partial charge in [0.15, 0.2) is 0 Å². The first-order valence-electron chi connectivity index (χ1n) is 11.1. The van der Waals surface area contributed by atoms with E-state index in [-0.39, 0.29) is 17.9 Å². The molecule has 0 saturated carbocycles. The lowest BCUT2D eigenvalue weighted by Gasteiger charge is -2.29. The summed E-state index contributed by atoms with van der Waals surface area (Å²) in [6.45, 7) is 10.3. The van der Waals surface area contributed by atoms with Gasteiger partial charge in [-0.15, -0.1) is 11.8 Å². The summed E-state index contributed by atoms with van der Waals surface area (Å²) in [5.74, 6) is 1.63. The fourth-order valence-corrected chi connectivity index (χ4v) is 4.35. The SMILES string of the molecule is CC[C@H](C)NC(=O)[C@H](C)N(Cc1cccc(OC)c1)C(=O)CSCc1cc(C)cc(C)c1. The number of thioether (sulfide) groups is 1. The number of rotatable bonds is 11. The molecule has 174 valence electrons. The van der Waals surface area contributed by atoms with Crippen molar-refractivity contribution >= 4 is 23.6 Å². The van der Waals surface area contributed by atoms with Crippen molar-refractivity contribution in [1.82, 2.24) is 10.2 Å². The molecule has 0 aliphatic carbocycles. The first-order chi connectivity index (χ1) is 15.2. The molecular formula is C26H36N2O3S. The zero-order valence-corrected chi connectivity index (χ0v) is 20.9. The van der Waals surface area contributed by atoms with Crippen molar-refractivity contribution in [2.24, 2.45) is 0 Å². The molecule has 5 nitrogen and oxygen atoms in total. The summed E-state index contributed by atoms with van der Waals surface area (Å²) in [4.78, 5) is 27.7. The second-order valence-electron chi connectivity index (χ2n) is 8.36. The lowest BCUT2D eigenvalue weighted by atomic mass is 10.1. The van der Waals surface area contributed by atoms with Crippen LogP contribution in [0.5, 0.6) is 5.75 Å². The molecule has 0 aliphatic rings. The van der Waals surface area contributed by atoms with E-state index >= 15 is 0 Å². The summed E-state index contributed by atoms with van der Waals surface area (Å²) in [7, 11) is 1.62. The molecule has 1 N–H and O–H groups in total. The van der Waals surface area contributed by atoms with Gasteiger partial charge in [-0.2, -0.15) is 0 Å². The van der Waals surface area contributed by atoms with Gasteiger partial charge in [-0.3, -0.25) is 9.59 Å². The Morgan fingerprint density at radius 2 is 1.75 bits per heavy atom. The molecule has 32 heavy (non-hydrogen) atoms. The maximum absolute atomic E-state index is 13.2. The molecule has 0 radical (unpaired) electrons. The minimum Gasteiger partial charge on any atom is -0.497 e. The Morgan fingerprint density at radius 3 is 2.38 bits per heavy atom. The Balaban J connectivity index is 2.12. The quantitative estimate of drug-likeness (QED) is 0.524. The van der Waals surface area contributed by atoms with Crippen LogP contribution in [0, 0.1) is 13.8 Å². The van der Waals surface area contributed by atoms with E-state index in [1.807, 2.05) is 38.1 Å². The zero-order chi connectivity index (χ0) is 23.7. The van der Waals surface area contributed by atoms with Crippen molar-refractivity contribution in [1.29, 1.82) is 0 Å². The summed E-state index contributed by atoms with van der Waals surface area (Å²) in [5, 5.41) is 3.00. The summed E-state index contributed by atoms with van der Waals surface area (Å²) < 4.78 is 5.32. The highest BCUT2D eigenvalue weighted by Gasteiger charge is 2.26. The van der Waals surface area contributed by atoms with Crippen LogP contribution in [0.15, 0.2) is 42.5 Å². The Kier molecular flexibility index (Phi) is 10.1. The summed E-state index contributed by atoms with van der Waals surface area (Å²) >= 11 is 1.58. The number of hydrogen-bond acceptors (Lipinski definition) is 4. The van der Waals surface area contributed by atoms with Crippen LogP contribution in [0.3, 0.4) is 0 Å². The van der Waals surface area contributed by atoms with Crippen molar-refractivity contribution in [2.45, 2.75) is 65.4 Å². The van der Waals surface area contributed by atoms with Gasteiger partial charge in [-0.05, 0) is 57.4 Å². The second kappa shape index (κ2) is 12.5. The van der Waals surface area contributed by atoms with Gasteiger partial charge in [0, 0.05) is 18.3 Å². The Labute approximate surface area is 196 Å². The largest absolute Gasteiger partial charge is 0.497 e. The lowest BCUT2D eigenvalue weighted by Crippen LogP contribution is -2.50. The lowest BCUT2D eigenvalue weighted by molar-refractivity contribution is -0.138. The van der Waals surface area contributed by atoms with Crippen molar-refractivity contribution in [2.75, 3.05) is 12.9 Å². The molecular weight excluding hydrogens is 420 g/mol. The third kappa shape index (κ3) is 7.90. The van der Waals surface area contributed by atoms with Gasteiger partial charge in [-0.25, -0.2) is 0 Å². The normalized spacial score (nSPS) is 12.7. The molecule has 0 fully saturated rings. The minimum atomic E-state index is -0.565. The van der Waals surface area contributed by atoms with Crippen molar-refractivity contribution in [3.05, 3.63) is 64.7 Å². The van der Waals surface area contributed by atoms with E-state index in [1.54, 1.807) is 30.7 Å². The van der Waals surface area contributed by atoms with Gasteiger partial charge >= 0.3 is 0 Å². The minimum absolute atomic E-state index is 0.0472. The molecule has 6 heteroatoms. The van der Waals surface area contributed by atoms with E-state index < -0.39 is 6.04 Å². The highest BCUT2D eigenvalue weighted by Crippen LogP contribution is 2.20. The fourth-order valence-electron chi connectivity index (χ4n) is 3.51. The number of amides is 2. The fraction of sp³-hybridized carbons (Fsp3) is 0.462. The Morgan fingerprint density at radius 1 is 1.06 bits per heavy atom. The predicted molar refractivity (Wildman–Crippen MR) is 133 cm³/mol. The van der Waals surface area contributed by atoms with Gasteiger partial charge in [0.2, 0.25) is 11.8 Å². The third-order valence-electron chi connectivity index (χ3n) is 5.43. The van der Waals surface area contributed by atoms with Crippen LogP contribution in [0.2, 0.25) is 0 Å².